The number of hydrogen-bond donors (Lipinski definition) is 0. The van der Waals surface area contributed by atoms with Crippen LogP contribution in [0.4, 0.5) is 0 Å². The van der Waals surface area contributed by atoms with Gasteiger partial charge in [-0.2, -0.15) is 0 Å². The molecule has 0 saturated carbocycles. The lowest BCUT2D eigenvalue weighted by atomic mass is 10.1. The average molecular weight is 200 g/mol. The molecule has 0 aromatic heterocycles. The minimum atomic E-state index is 0.675. The van der Waals surface area contributed by atoms with Crippen molar-refractivity contribution in [2.24, 2.45) is 5.92 Å². The van der Waals surface area contributed by atoms with Gasteiger partial charge in [0.1, 0.15) is 0 Å². The van der Waals surface area contributed by atoms with Gasteiger partial charge in [0.2, 0.25) is 0 Å². The van der Waals surface area contributed by atoms with E-state index in [4.69, 9.17) is 0 Å². The van der Waals surface area contributed by atoms with Crippen LogP contribution in [0.1, 0.15) is 34.1 Å². The summed E-state index contributed by atoms with van der Waals surface area (Å²) in [4.78, 5) is 4.82. The smallest absolute Gasteiger partial charge is 0.0112 e. The van der Waals surface area contributed by atoms with Crippen molar-refractivity contribution in [3.8, 4) is 0 Å². The van der Waals surface area contributed by atoms with Crippen molar-refractivity contribution in [1.29, 1.82) is 0 Å². The van der Waals surface area contributed by atoms with E-state index in [1.807, 2.05) is 0 Å². The Kier molecular flexibility index (Phi) is 7.20. The van der Waals surface area contributed by atoms with Gasteiger partial charge in [0, 0.05) is 19.1 Å². The van der Waals surface area contributed by atoms with E-state index in [0.29, 0.717) is 6.04 Å². The van der Waals surface area contributed by atoms with Gasteiger partial charge in [-0.05, 0) is 46.8 Å². The van der Waals surface area contributed by atoms with Crippen LogP contribution in [0, 0.1) is 5.92 Å². The molecule has 2 heteroatoms. The summed E-state index contributed by atoms with van der Waals surface area (Å²) >= 11 is 0. The van der Waals surface area contributed by atoms with Crippen molar-refractivity contribution in [2.75, 3.05) is 33.7 Å². The maximum absolute atomic E-state index is 2.57. The van der Waals surface area contributed by atoms with Gasteiger partial charge in [-0.15, -0.1) is 0 Å². The van der Waals surface area contributed by atoms with Gasteiger partial charge >= 0.3 is 0 Å². The summed E-state index contributed by atoms with van der Waals surface area (Å²) in [5, 5.41) is 0. The molecule has 0 heterocycles. The summed E-state index contributed by atoms with van der Waals surface area (Å²) in [7, 11) is 4.28. The van der Waals surface area contributed by atoms with Crippen molar-refractivity contribution in [2.45, 2.75) is 40.2 Å². The van der Waals surface area contributed by atoms with Crippen LogP contribution in [-0.4, -0.2) is 49.6 Å². The van der Waals surface area contributed by atoms with E-state index in [1.165, 1.54) is 19.5 Å². The molecule has 0 aliphatic rings. The fourth-order valence-electron chi connectivity index (χ4n) is 1.38. The average Bonchev–Trinajstić information content (AvgIpc) is 2.02. The summed E-state index contributed by atoms with van der Waals surface area (Å²) in [5.74, 6) is 0.815. The number of likely N-dealkylation sites (N-methyl/N-ethyl adjacent to an activating group) is 1. The molecule has 0 N–H and O–H groups in total. The van der Waals surface area contributed by atoms with E-state index in [1.54, 1.807) is 0 Å². The summed E-state index contributed by atoms with van der Waals surface area (Å²) in [6, 6.07) is 0.675. The molecule has 0 atom stereocenters. The van der Waals surface area contributed by atoms with Gasteiger partial charge in [0.25, 0.3) is 0 Å². The highest BCUT2D eigenvalue weighted by molar-refractivity contribution is 4.65. The van der Waals surface area contributed by atoms with Gasteiger partial charge in [0.05, 0.1) is 0 Å². The van der Waals surface area contributed by atoms with Crippen LogP contribution in [0.5, 0.6) is 0 Å². The molecule has 2 nitrogen and oxygen atoms in total. The first-order valence-corrected chi connectivity index (χ1v) is 5.82. The second-order valence-corrected chi connectivity index (χ2v) is 5.12. The summed E-state index contributed by atoms with van der Waals surface area (Å²) < 4.78 is 0. The van der Waals surface area contributed by atoms with Crippen LogP contribution >= 0.6 is 0 Å². The van der Waals surface area contributed by atoms with Crippen LogP contribution in [0.15, 0.2) is 0 Å². The first-order chi connectivity index (χ1) is 6.43. The molecule has 0 aliphatic heterocycles. The molecule has 0 saturated heterocycles. The zero-order chi connectivity index (χ0) is 11.1. The zero-order valence-electron chi connectivity index (χ0n) is 10.9. The Hall–Kier alpha value is -0.0800. The topological polar surface area (TPSA) is 6.48 Å². The fourth-order valence-corrected chi connectivity index (χ4v) is 1.38. The summed E-state index contributed by atoms with van der Waals surface area (Å²) in [6.07, 6.45) is 1.31. The Morgan fingerprint density at radius 2 is 1.43 bits per heavy atom. The van der Waals surface area contributed by atoms with E-state index in [2.05, 4.69) is 51.6 Å². The Labute approximate surface area is 90.3 Å². The SMILES string of the molecule is CC(C)CCN(CCN(C)C)C(C)C. The van der Waals surface area contributed by atoms with Crippen LogP contribution < -0.4 is 0 Å². The van der Waals surface area contributed by atoms with E-state index in [0.717, 1.165) is 12.5 Å². The van der Waals surface area contributed by atoms with Gasteiger partial charge < -0.3 is 4.90 Å². The van der Waals surface area contributed by atoms with Gasteiger partial charge in [-0.1, -0.05) is 13.8 Å². The molecule has 0 aliphatic carbocycles. The molecule has 0 aromatic rings. The third-order valence-corrected chi connectivity index (χ3v) is 2.56. The van der Waals surface area contributed by atoms with E-state index < -0.39 is 0 Å². The lowest BCUT2D eigenvalue weighted by Crippen LogP contribution is -2.37. The number of hydrogen-bond acceptors (Lipinski definition) is 2. The van der Waals surface area contributed by atoms with Crippen molar-refractivity contribution in [1.82, 2.24) is 9.80 Å². The molecule has 0 unspecified atom stereocenters. The molecule has 0 rings (SSSR count). The predicted octanol–water partition coefficient (Wildman–Crippen LogP) is 2.30. The Morgan fingerprint density at radius 1 is 0.857 bits per heavy atom. The minimum absolute atomic E-state index is 0.675. The molecule has 0 amide bonds. The Bertz CT molecular complexity index is 118. The largest absolute Gasteiger partial charge is 0.308 e. The monoisotopic (exact) mass is 200 g/mol. The number of rotatable bonds is 7. The Morgan fingerprint density at radius 3 is 1.79 bits per heavy atom. The van der Waals surface area contributed by atoms with Crippen molar-refractivity contribution in [3.05, 3.63) is 0 Å². The van der Waals surface area contributed by atoms with E-state index in [9.17, 15) is 0 Å². The summed E-state index contributed by atoms with van der Waals surface area (Å²) in [5.41, 5.74) is 0. The molecule has 0 spiro atoms. The highest BCUT2D eigenvalue weighted by Gasteiger charge is 2.09. The van der Waals surface area contributed by atoms with Crippen LogP contribution in [0.2, 0.25) is 0 Å². The molecule has 86 valence electrons. The standard InChI is InChI=1S/C12H28N2/c1-11(2)7-8-14(12(3)4)10-9-13(5)6/h11-12H,7-10H2,1-6H3. The first-order valence-electron chi connectivity index (χ1n) is 5.82. The molecule has 14 heavy (non-hydrogen) atoms. The second kappa shape index (κ2) is 7.24. The molecule has 0 radical (unpaired) electrons. The fraction of sp³-hybridized carbons (Fsp3) is 1.00. The lowest BCUT2D eigenvalue weighted by Gasteiger charge is -2.28. The lowest BCUT2D eigenvalue weighted by molar-refractivity contribution is 0.190. The van der Waals surface area contributed by atoms with Crippen molar-refractivity contribution in [3.63, 3.8) is 0 Å². The van der Waals surface area contributed by atoms with Gasteiger partial charge in [0.15, 0.2) is 0 Å². The highest BCUT2D eigenvalue weighted by atomic mass is 15.2. The first kappa shape index (κ1) is 13.9. The zero-order valence-corrected chi connectivity index (χ0v) is 10.9. The van der Waals surface area contributed by atoms with Gasteiger partial charge in [-0.3, -0.25) is 4.90 Å². The van der Waals surface area contributed by atoms with Crippen LogP contribution in [-0.2, 0) is 0 Å². The predicted molar refractivity (Wildman–Crippen MR) is 64.7 cm³/mol. The molecular weight excluding hydrogens is 172 g/mol. The van der Waals surface area contributed by atoms with Crippen molar-refractivity contribution < 1.29 is 0 Å². The third kappa shape index (κ3) is 7.34. The molecule has 0 aromatic carbocycles. The highest BCUT2D eigenvalue weighted by Crippen LogP contribution is 2.05. The molecular formula is C12H28N2. The van der Waals surface area contributed by atoms with E-state index >= 15 is 0 Å². The maximum Gasteiger partial charge on any atom is 0.0112 e. The number of nitrogens with zero attached hydrogens (tertiary/aromatic N) is 2. The van der Waals surface area contributed by atoms with Crippen LogP contribution in [0.3, 0.4) is 0 Å². The van der Waals surface area contributed by atoms with Crippen molar-refractivity contribution >= 4 is 0 Å². The second-order valence-electron chi connectivity index (χ2n) is 5.12. The molecule has 0 bridgehead atoms. The third-order valence-electron chi connectivity index (χ3n) is 2.56. The Balaban J connectivity index is 3.78. The maximum atomic E-state index is 2.57. The summed E-state index contributed by atoms with van der Waals surface area (Å²) in [6.45, 7) is 12.8. The normalized spacial score (nSPS) is 12.4. The van der Waals surface area contributed by atoms with E-state index in [-0.39, 0.29) is 0 Å². The molecule has 0 fully saturated rings. The van der Waals surface area contributed by atoms with Gasteiger partial charge in [-0.25, -0.2) is 0 Å². The minimum Gasteiger partial charge on any atom is -0.308 e. The quantitative estimate of drug-likeness (QED) is 0.622. The van der Waals surface area contributed by atoms with Crippen LogP contribution in [0.25, 0.3) is 0 Å².